The highest BCUT2D eigenvalue weighted by molar-refractivity contribution is 7.91. The number of aromatic nitrogens is 2. The van der Waals surface area contributed by atoms with E-state index in [-0.39, 0.29) is 5.75 Å². The number of anilines is 1. The van der Waals surface area contributed by atoms with Gasteiger partial charge in [0.2, 0.25) is 0 Å². The Morgan fingerprint density at radius 3 is 2.71 bits per heavy atom. The zero-order valence-electron chi connectivity index (χ0n) is 12.4. The molecule has 0 aliphatic heterocycles. The number of rotatable bonds is 7. The Morgan fingerprint density at radius 2 is 2.00 bits per heavy atom. The van der Waals surface area contributed by atoms with Crippen molar-refractivity contribution in [2.75, 3.05) is 11.1 Å². The monoisotopic (exact) mass is 307 g/mol. The van der Waals surface area contributed by atoms with Crippen LogP contribution < -0.4 is 5.32 Å². The summed E-state index contributed by atoms with van der Waals surface area (Å²) in [7, 11) is -3.23. The lowest BCUT2D eigenvalue weighted by molar-refractivity contribution is 0.597. The molecule has 0 spiro atoms. The van der Waals surface area contributed by atoms with E-state index in [1.807, 2.05) is 12.3 Å². The van der Waals surface area contributed by atoms with Crippen LogP contribution in [-0.2, 0) is 22.9 Å². The highest BCUT2D eigenvalue weighted by Gasteiger charge is 2.16. The molecule has 0 radical (unpaired) electrons. The Balaban J connectivity index is 2.19. The van der Waals surface area contributed by atoms with Crippen molar-refractivity contribution in [3.05, 3.63) is 42.5 Å². The second-order valence-electron chi connectivity index (χ2n) is 4.79. The van der Waals surface area contributed by atoms with Crippen LogP contribution in [0.3, 0.4) is 0 Å². The summed E-state index contributed by atoms with van der Waals surface area (Å²) < 4.78 is 26.3. The molecule has 0 saturated carbocycles. The number of para-hydroxylation sites is 1. The summed E-state index contributed by atoms with van der Waals surface area (Å²) in [5.41, 5.74) is 0.630. The molecule has 0 saturated heterocycles. The van der Waals surface area contributed by atoms with E-state index in [0.717, 1.165) is 18.8 Å². The van der Waals surface area contributed by atoms with Gasteiger partial charge in [-0.05, 0) is 18.6 Å². The molecule has 2 rings (SSSR count). The molecule has 114 valence electrons. The lowest BCUT2D eigenvalue weighted by atomic mass is 10.3. The number of benzene rings is 1. The maximum absolute atomic E-state index is 12.1. The normalized spacial score (nSPS) is 11.5. The van der Waals surface area contributed by atoms with Crippen molar-refractivity contribution in [2.45, 2.75) is 38.3 Å². The van der Waals surface area contributed by atoms with Gasteiger partial charge in [-0.2, -0.15) is 0 Å². The van der Waals surface area contributed by atoms with Crippen LogP contribution >= 0.6 is 0 Å². The van der Waals surface area contributed by atoms with E-state index in [1.54, 1.807) is 31.3 Å². The summed E-state index contributed by atoms with van der Waals surface area (Å²) in [5.74, 6) is 0.997. The van der Waals surface area contributed by atoms with Gasteiger partial charge in [-0.1, -0.05) is 26.0 Å². The summed E-state index contributed by atoms with van der Waals surface area (Å²) in [5, 5.41) is 3.19. The largest absolute Gasteiger partial charge is 0.377 e. The van der Waals surface area contributed by atoms with Crippen LogP contribution in [0, 0.1) is 0 Å². The Labute approximate surface area is 125 Å². The molecule has 1 aromatic carbocycles. The van der Waals surface area contributed by atoms with Crippen LogP contribution in [0.2, 0.25) is 0 Å². The summed E-state index contributed by atoms with van der Waals surface area (Å²) in [6.45, 7) is 5.18. The molecule has 1 aromatic heterocycles. The number of hydrogen-bond acceptors (Lipinski definition) is 4. The van der Waals surface area contributed by atoms with Gasteiger partial charge in [-0.25, -0.2) is 13.4 Å². The zero-order valence-corrected chi connectivity index (χ0v) is 13.2. The molecule has 0 aliphatic carbocycles. The molecule has 2 aromatic rings. The molecule has 21 heavy (non-hydrogen) atoms. The third kappa shape index (κ3) is 3.64. The molecule has 1 heterocycles. The van der Waals surface area contributed by atoms with Crippen molar-refractivity contribution in [3.8, 4) is 0 Å². The van der Waals surface area contributed by atoms with Gasteiger partial charge in [-0.15, -0.1) is 0 Å². The first-order chi connectivity index (χ1) is 10.1. The topological polar surface area (TPSA) is 64.0 Å². The van der Waals surface area contributed by atoms with Gasteiger partial charge in [-0.3, -0.25) is 0 Å². The van der Waals surface area contributed by atoms with E-state index in [9.17, 15) is 8.42 Å². The summed E-state index contributed by atoms with van der Waals surface area (Å²) in [6, 6.07) is 7.00. The lowest BCUT2D eigenvalue weighted by Crippen LogP contribution is -2.12. The van der Waals surface area contributed by atoms with Crippen LogP contribution in [0.1, 0.15) is 26.1 Å². The van der Waals surface area contributed by atoms with Crippen molar-refractivity contribution in [3.63, 3.8) is 0 Å². The molecule has 0 aliphatic rings. The van der Waals surface area contributed by atoms with Crippen LogP contribution in [0.4, 0.5) is 5.69 Å². The smallest absolute Gasteiger partial charge is 0.180 e. The fraction of sp³-hybridized carbons (Fsp3) is 0.400. The molecule has 6 heteroatoms. The highest BCUT2D eigenvalue weighted by Crippen LogP contribution is 2.22. The predicted molar refractivity (Wildman–Crippen MR) is 84.0 cm³/mol. The van der Waals surface area contributed by atoms with Gasteiger partial charge in [0.15, 0.2) is 9.84 Å². The second-order valence-corrected chi connectivity index (χ2v) is 7.04. The summed E-state index contributed by atoms with van der Waals surface area (Å²) in [4.78, 5) is 4.66. The number of nitrogens with one attached hydrogen (secondary N) is 1. The summed E-state index contributed by atoms with van der Waals surface area (Å²) in [6.07, 6.45) is 4.74. The minimum absolute atomic E-state index is 0.0934. The predicted octanol–water partition coefficient (Wildman–Crippen LogP) is 2.70. The Hall–Kier alpha value is -1.82. The quantitative estimate of drug-likeness (QED) is 0.854. The highest BCUT2D eigenvalue weighted by atomic mass is 32.2. The lowest BCUT2D eigenvalue weighted by Gasteiger charge is -2.12. The molecule has 5 nitrogen and oxygen atoms in total. The molecular weight excluding hydrogens is 286 g/mol. The fourth-order valence-electron chi connectivity index (χ4n) is 2.17. The number of hydrogen-bond donors (Lipinski definition) is 1. The molecule has 0 atom stereocenters. The number of imidazole rings is 1. The van der Waals surface area contributed by atoms with Gasteiger partial charge in [0.25, 0.3) is 0 Å². The van der Waals surface area contributed by atoms with Gasteiger partial charge in [0.05, 0.1) is 22.9 Å². The molecule has 0 fully saturated rings. The van der Waals surface area contributed by atoms with Gasteiger partial charge >= 0.3 is 0 Å². The van der Waals surface area contributed by atoms with Crippen LogP contribution in [-0.4, -0.2) is 23.7 Å². The third-order valence-corrected chi connectivity index (χ3v) is 5.09. The molecule has 0 amide bonds. The van der Waals surface area contributed by atoms with E-state index in [0.29, 0.717) is 17.1 Å². The zero-order chi connectivity index (χ0) is 15.3. The van der Waals surface area contributed by atoms with E-state index >= 15 is 0 Å². The SMILES string of the molecule is CCCn1ccnc1CNc1ccccc1S(=O)(=O)CC. The first-order valence-corrected chi connectivity index (χ1v) is 8.79. The van der Waals surface area contributed by atoms with Gasteiger partial charge in [0.1, 0.15) is 5.82 Å². The van der Waals surface area contributed by atoms with Crippen LogP contribution in [0.25, 0.3) is 0 Å². The average Bonchev–Trinajstić information content (AvgIpc) is 2.93. The van der Waals surface area contributed by atoms with Gasteiger partial charge in [0, 0.05) is 18.9 Å². The Morgan fingerprint density at radius 1 is 1.24 bits per heavy atom. The maximum atomic E-state index is 12.1. The molecule has 0 unspecified atom stereocenters. The van der Waals surface area contributed by atoms with Crippen molar-refractivity contribution in [1.29, 1.82) is 0 Å². The Bertz CT molecular complexity index is 692. The fourth-order valence-corrected chi connectivity index (χ4v) is 3.24. The minimum Gasteiger partial charge on any atom is -0.377 e. The van der Waals surface area contributed by atoms with E-state index < -0.39 is 9.84 Å². The maximum Gasteiger partial charge on any atom is 0.180 e. The minimum atomic E-state index is -3.23. The molecule has 1 N–H and O–H groups in total. The molecule has 0 bridgehead atoms. The van der Waals surface area contributed by atoms with Gasteiger partial charge < -0.3 is 9.88 Å². The van der Waals surface area contributed by atoms with Crippen molar-refractivity contribution >= 4 is 15.5 Å². The average molecular weight is 307 g/mol. The molecular formula is C15H21N3O2S. The third-order valence-electron chi connectivity index (χ3n) is 3.31. The number of sulfone groups is 1. The van der Waals surface area contributed by atoms with Crippen LogP contribution in [0.15, 0.2) is 41.6 Å². The number of aryl methyl sites for hydroxylation is 1. The number of nitrogens with zero attached hydrogens (tertiary/aromatic N) is 2. The first kappa shape index (κ1) is 15.6. The second kappa shape index (κ2) is 6.76. The van der Waals surface area contributed by atoms with Crippen molar-refractivity contribution in [2.24, 2.45) is 0 Å². The first-order valence-electron chi connectivity index (χ1n) is 7.14. The van der Waals surface area contributed by atoms with E-state index in [4.69, 9.17) is 0 Å². The van der Waals surface area contributed by atoms with Crippen molar-refractivity contribution < 1.29 is 8.42 Å². The standard InChI is InChI=1S/C15H21N3O2S/c1-3-10-18-11-9-16-15(18)12-17-13-7-5-6-8-14(13)21(19,20)4-2/h5-9,11,17H,3-4,10,12H2,1-2H3. The van der Waals surface area contributed by atoms with Crippen molar-refractivity contribution in [1.82, 2.24) is 9.55 Å². The van der Waals surface area contributed by atoms with E-state index in [2.05, 4.69) is 21.8 Å². The van der Waals surface area contributed by atoms with Crippen LogP contribution in [0.5, 0.6) is 0 Å². The Kier molecular flexibility index (Phi) is 5.01. The van der Waals surface area contributed by atoms with E-state index in [1.165, 1.54) is 0 Å². The summed E-state index contributed by atoms with van der Waals surface area (Å²) >= 11 is 0.